The Morgan fingerprint density at radius 3 is 2.94 bits per heavy atom. The second-order valence-corrected chi connectivity index (χ2v) is 5.52. The van der Waals surface area contributed by atoms with Crippen LogP contribution in [0.5, 0.6) is 5.75 Å². The summed E-state index contributed by atoms with van der Waals surface area (Å²) in [7, 11) is 1.59. The van der Waals surface area contributed by atoms with Crippen LogP contribution in [0.3, 0.4) is 0 Å². The zero-order chi connectivity index (χ0) is 11.6. The Morgan fingerprint density at radius 2 is 2.44 bits per heavy atom. The van der Waals surface area contributed by atoms with E-state index in [2.05, 4.69) is 21.2 Å². The summed E-state index contributed by atoms with van der Waals surface area (Å²) in [6.07, 6.45) is 3.29. The molecule has 88 valence electrons. The smallest absolute Gasteiger partial charge is 0.265 e. The van der Waals surface area contributed by atoms with Crippen LogP contribution in [0.15, 0.2) is 11.4 Å². The van der Waals surface area contributed by atoms with E-state index in [1.54, 1.807) is 7.11 Å². The number of methoxy groups -OCH3 is 1. The summed E-state index contributed by atoms with van der Waals surface area (Å²) in [6, 6.07) is 1.82. The lowest BCUT2D eigenvalue weighted by molar-refractivity contribution is 0.0858. The van der Waals surface area contributed by atoms with Gasteiger partial charge in [-0.2, -0.15) is 0 Å². The molecule has 5 heteroatoms. The number of hydrogen-bond donors (Lipinski definition) is 1. The minimum atomic E-state index is -0.0356. The monoisotopic (exact) mass is 303 g/mol. The van der Waals surface area contributed by atoms with Crippen LogP contribution < -0.4 is 10.1 Å². The highest BCUT2D eigenvalue weighted by molar-refractivity contribution is 9.09. The van der Waals surface area contributed by atoms with Gasteiger partial charge in [0.1, 0.15) is 10.6 Å². The van der Waals surface area contributed by atoms with Crippen molar-refractivity contribution in [1.82, 2.24) is 5.32 Å². The Labute approximate surface area is 107 Å². The van der Waals surface area contributed by atoms with Gasteiger partial charge in [0.05, 0.1) is 12.6 Å². The minimum Gasteiger partial charge on any atom is -0.495 e. The summed E-state index contributed by atoms with van der Waals surface area (Å²) < 4.78 is 5.14. The van der Waals surface area contributed by atoms with Crippen molar-refractivity contribution in [3.05, 3.63) is 16.3 Å². The maximum Gasteiger partial charge on any atom is 0.265 e. The van der Waals surface area contributed by atoms with Crippen molar-refractivity contribution in [1.29, 1.82) is 0 Å². The van der Waals surface area contributed by atoms with Crippen molar-refractivity contribution in [2.75, 3.05) is 12.4 Å². The SMILES string of the molecule is COc1ccsc1C(=O)NC1(CBr)CCC1. The summed E-state index contributed by atoms with van der Waals surface area (Å²) in [6.45, 7) is 0. The molecule has 1 aromatic rings. The molecule has 1 aliphatic carbocycles. The van der Waals surface area contributed by atoms with Gasteiger partial charge in [-0.15, -0.1) is 11.3 Å². The molecule has 16 heavy (non-hydrogen) atoms. The van der Waals surface area contributed by atoms with Crippen LogP contribution in [0.25, 0.3) is 0 Å². The lowest BCUT2D eigenvalue weighted by Gasteiger charge is -2.41. The van der Waals surface area contributed by atoms with E-state index in [1.807, 2.05) is 11.4 Å². The van der Waals surface area contributed by atoms with E-state index in [-0.39, 0.29) is 11.4 Å². The van der Waals surface area contributed by atoms with Crippen molar-refractivity contribution < 1.29 is 9.53 Å². The summed E-state index contributed by atoms with van der Waals surface area (Å²) >= 11 is 4.88. The third kappa shape index (κ3) is 2.11. The molecule has 1 amide bonds. The van der Waals surface area contributed by atoms with Crippen molar-refractivity contribution in [2.45, 2.75) is 24.8 Å². The predicted octanol–water partition coefficient (Wildman–Crippen LogP) is 2.80. The van der Waals surface area contributed by atoms with Gasteiger partial charge < -0.3 is 10.1 Å². The van der Waals surface area contributed by atoms with Gasteiger partial charge in [0.25, 0.3) is 5.91 Å². The number of carbonyl (C=O) groups excluding carboxylic acids is 1. The number of nitrogens with one attached hydrogen (secondary N) is 1. The molecular weight excluding hydrogens is 290 g/mol. The molecule has 3 nitrogen and oxygen atoms in total. The van der Waals surface area contributed by atoms with E-state index in [9.17, 15) is 4.79 Å². The van der Waals surface area contributed by atoms with E-state index in [0.717, 1.165) is 18.2 Å². The molecule has 0 radical (unpaired) electrons. The molecule has 1 fully saturated rings. The van der Waals surface area contributed by atoms with E-state index >= 15 is 0 Å². The first-order valence-corrected chi connectivity index (χ1v) is 7.21. The van der Waals surface area contributed by atoms with Crippen LogP contribution in [0.2, 0.25) is 0 Å². The van der Waals surface area contributed by atoms with Crippen LogP contribution in [-0.2, 0) is 0 Å². The summed E-state index contributed by atoms with van der Waals surface area (Å²) in [4.78, 5) is 12.7. The fraction of sp³-hybridized carbons (Fsp3) is 0.545. The molecule has 0 atom stereocenters. The molecule has 0 bridgehead atoms. The molecule has 0 aliphatic heterocycles. The lowest BCUT2D eigenvalue weighted by Crippen LogP contribution is -2.54. The van der Waals surface area contributed by atoms with E-state index in [1.165, 1.54) is 17.8 Å². The quantitative estimate of drug-likeness (QED) is 0.869. The molecule has 1 heterocycles. The van der Waals surface area contributed by atoms with E-state index in [4.69, 9.17) is 4.74 Å². The summed E-state index contributed by atoms with van der Waals surface area (Å²) in [5.74, 6) is 0.637. The molecular formula is C11H14BrNO2S. The predicted molar refractivity (Wildman–Crippen MR) is 68.7 cm³/mol. The third-order valence-corrected chi connectivity index (χ3v) is 4.97. The molecule has 0 spiro atoms. The second kappa shape index (κ2) is 4.75. The average molecular weight is 304 g/mol. The van der Waals surface area contributed by atoms with Crippen molar-refractivity contribution in [3.8, 4) is 5.75 Å². The number of thiophene rings is 1. The van der Waals surface area contributed by atoms with E-state index in [0.29, 0.717) is 10.6 Å². The highest BCUT2D eigenvalue weighted by Gasteiger charge is 2.38. The zero-order valence-corrected chi connectivity index (χ0v) is 11.5. The Kier molecular flexibility index (Phi) is 3.54. The highest BCUT2D eigenvalue weighted by atomic mass is 79.9. The Hall–Kier alpha value is -0.550. The first-order valence-electron chi connectivity index (χ1n) is 5.21. The van der Waals surface area contributed by atoms with Gasteiger partial charge in [0.2, 0.25) is 0 Å². The van der Waals surface area contributed by atoms with Crippen molar-refractivity contribution in [2.24, 2.45) is 0 Å². The highest BCUT2D eigenvalue weighted by Crippen LogP contribution is 2.34. The number of alkyl halides is 1. The largest absolute Gasteiger partial charge is 0.495 e. The van der Waals surface area contributed by atoms with Crippen LogP contribution in [-0.4, -0.2) is 23.9 Å². The van der Waals surface area contributed by atoms with Crippen LogP contribution in [0.1, 0.15) is 28.9 Å². The second-order valence-electron chi connectivity index (χ2n) is 4.04. The number of rotatable bonds is 4. The van der Waals surface area contributed by atoms with Gasteiger partial charge in [-0.3, -0.25) is 4.79 Å². The van der Waals surface area contributed by atoms with Crippen molar-refractivity contribution >= 4 is 33.2 Å². The Bertz CT molecular complexity index is 382. The van der Waals surface area contributed by atoms with Gasteiger partial charge in [-0.1, -0.05) is 15.9 Å². The molecule has 2 rings (SSSR count). The standard InChI is InChI=1S/C11H14BrNO2S/c1-15-8-3-6-16-9(8)10(14)13-11(7-12)4-2-5-11/h3,6H,2,4-5,7H2,1H3,(H,13,14). The number of halogens is 1. The Balaban J connectivity index is 2.08. The number of ether oxygens (including phenoxy) is 1. The maximum absolute atomic E-state index is 12.1. The molecule has 1 aromatic heterocycles. The molecule has 1 N–H and O–H groups in total. The molecule has 1 aliphatic rings. The van der Waals surface area contributed by atoms with Crippen LogP contribution >= 0.6 is 27.3 Å². The normalized spacial score (nSPS) is 17.6. The van der Waals surface area contributed by atoms with Crippen LogP contribution in [0, 0.1) is 0 Å². The van der Waals surface area contributed by atoms with Gasteiger partial charge >= 0.3 is 0 Å². The number of hydrogen-bond acceptors (Lipinski definition) is 3. The first-order chi connectivity index (χ1) is 7.71. The van der Waals surface area contributed by atoms with E-state index < -0.39 is 0 Å². The Morgan fingerprint density at radius 1 is 1.69 bits per heavy atom. The average Bonchev–Trinajstić information content (AvgIpc) is 2.71. The van der Waals surface area contributed by atoms with Gasteiger partial charge in [0.15, 0.2) is 0 Å². The minimum absolute atomic E-state index is 0.0222. The molecule has 1 saturated carbocycles. The molecule has 0 aromatic carbocycles. The number of amides is 1. The van der Waals surface area contributed by atoms with Crippen molar-refractivity contribution in [3.63, 3.8) is 0 Å². The van der Waals surface area contributed by atoms with Gasteiger partial charge in [0, 0.05) is 5.33 Å². The lowest BCUT2D eigenvalue weighted by atomic mass is 9.78. The third-order valence-electron chi connectivity index (χ3n) is 3.00. The zero-order valence-electron chi connectivity index (χ0n) is 9.09. The van der Waals surface area contributed by atoms with Gasteiger partial charge in [-0.05, 0) is 30.7 Å². The van der Waals surface area contributed by atoms with Crippen LogP contribution in [0.4, 0.5) is 0 Å². The summed E-state index contributed by atoms with van der Waals surface area (Å²) in [5.41, 5.74) is -0.0356. The molecule has 0 saturated heterocycles. The van der Waals surface area contributed by atoms with Gasteiger partial charge in [-0.25, -0.2) is 0 Å². The number of carbonyl (C=O) groups is 1. The first kappa shape index (κ1) is 11.9. The topological polar surface area (TPSA) is 38.3 Å². The molecule has 0 unspecified atom stereocenters. The fourth-order valence-electron chi connectivity index (χ4n) is 1.82. The fourth-order valence-corrected chi connectivity index (χ4v) is 3.27. The summed E-state index contributed by atoms with van der Waals surface area (Å²) in [5, 5.41) is 5.79. The maximum atomic E-state index is 12.1.